The van der Waals surface area contributed by atoms with Crippen molar-refractivity contribution in [2.45, 2.75) is 24.3 Å². The molecule has 8 nitrogen and oxygen atoms in total. The molecule has 2 aliphatic rings. The number of benzene rings is 2. The van der Waals surface area contributed by atoms with Crippen LogP contribution in [0, 0.1) is 0 Å². The van der Waals surface area contributed by atoms with E-state index in [0.29, 0.717) is 32.5 Å². The number of carbonyl (C=O) groups is 1. The molecule has 0 radical (unpaired) electrons. The van der Waals surface area contributed by atoms with Crippen LogP contribution < -0.4 is 0 Å². The summed E-state index contributed by atoms with van der Waals surface area (Å²) in [5.74, 6) is -0.354. The van der Waals surface area contributed by atoms with E-state index in [4.69, 9.17) is 17.3 Å². The van der Waals surface area contributed by atoms with E-state index in [1.54, 1.807) is 48.1 Å². The van der Waals surface area contributed by atoms with Crippen molar-refractivity contribution < 1.29 is 21.6 Å². The van der Waals surface area contributed by atoms with Crippen LogP contribution in [-0.4, -0.2) is 65.0 Å². The fourth-order valence-corrected chi connectivity index (χ4v) is 8.31. The molecule has 0 saturated carbocycles. The number of hydrogen-bond donors (Lipinski definition) is 0. The molecule has 192 valence electrons. The summed E-state index contributed by atoms with van der Waals surface area (Å²) < 4.78 is 50.5. The first-order chi connectivity index (χ1) is 17.6. The van der Waals surface area contributed by atoms with Crippen LogP contribution in [0.15, 0.2) is 70.6 Å². The number of hydrogen-bond acceptors (Lipinski definition) is 8. The summed E-state index contributed by atoms with van der Waals surface area (Å²) in [6.07, 6.45) is 3.88. The van der Waals surface area contributed by atoms with E-state index in [9.17, 15) is 21.6 Å². The van der Waals surface area contributed by atoms with Gasteiger partial charge >= 0.3 is 0 Å². The molecule has 0 bridgehead atoms. The number of para-hydroxylation sites is 1. The zero-order valence-corrected chi connectivity index (χ0v) is 23.0. The maximum absolute atomic E-state index is 13.3. The van der Waals surface area contributed by atoms with E-state index < -0.39 is 25.7 Å². The molecule has 0 spiro atoms. The lowest BCUT2D eigenvalue weighted by atomic mass is 10.1. The van der Waals surface area contributed by atoms with Crippen molar-refractivity contribution in [3.63, 3.8) is 0 Å². The largest absolute Gasteiger partial charge is 0.289 e. The van der Waals surface area contributed by atoms with E-state index in [-0.39, 0.29) is 28.1 Å². The Bertz CT molecular complexity index is 1630. The molecule has 2 fully saturated rings. The molecular formula is C25H23N3O5S4. The topological polar surface area (TPSA) is 106 Å². The molecule has 0 N–H and O–H groups in total. The summed E-state index contributed by atoms with van der Waals surface area (Å²) in [5, 5.41) is 4.74. The Balaban J connectivity index is 1.55. The van der Waals surface area contributed by atoms with Gasteiger partial charge in [0, 0.05) is 17.3 Å². The molecule has 2 aromatic carbocycles. The Morgan fingerprint density at radius 1 is 1.14 bits per heavy atom. The lowest BCUT2D eigenvalue weighted by molar-refractivity contribution is -0.123. The predicted octanol–water partition coefficient (Wildman–Crippen LogP) is 3.72. The van der Waals surface area contributed by atoms with Crippen LogP contribution in [0.25, 0.3) is 23.0 Å². The molecule has 0 aliphatic carbocycles. The molecule has 1 atom stereocenters. The fourth-order valence-electron chi connectivity index (χ4n) is 4.33. The summed E-state index contributed by atoms with van der Waals surface area (Å²) in [4.78, 5) is 15.3. The number of aromatic nitrogens is 2. The van der Waals surface area contributed by atoms with Crippen molar-refractivity contribution in [1.29, 1.82) is 0 Å². The third-order valence-electron chi connectivity index (χ3n) is 6.31. The average molecular weight is 574 g/mol. The van der Waals surface area contributed by atoms with E-state index >= 15 is 0 Å². The summed E-state index contributed by atoms with van der Waals surface area (Å²) in [7, 11) is -6.53. The van der Waals surface area contributed by atoms with Gasteiger partial charge in [0.15, 0.2) is 19.7 Å². The first-order valence-electron chi connectivity index (χ1n) is 11.5. The van der Waals surface area contributed by atoms with E-state index in [1.165, 1.54) is 4.90 Å². The van der Waals surface area contributed by atoms with E-state index in [1.807, 2.05) is 30.3 Å². The van der Waals surface area contributed by atoms with Crippen LogP contribution in [0.3, 0.4) is 0 Å². The SMILES string of the molecule is CCS(=O)(=O)c1ccc(-c2nn(-c3ccccc3)cc2/C=C2/SC(=S)N(C3CCS(=O)(=O)C3)C2=O)cc1. The van der Waals surface area contributed by atoms with Gasteiger partial charge in [0.1, 0.15) is 4.32 Å². The average Bonchev–Trinajstić information content (AvgIpc) is 3.54. The van der Waals surface area contributed by atoms with Gasteiger partial charge in [-0.05, 0) is 36.8 Å². The summed E-state index contributed by atoms with van der Waals surface area (Å²) >= 11 is 6.58. The highest BCUT2D eigenvalue weighted by atomic mass is 32.2. The number of nitrogens with zero attached hydrogens (tertiary/aromatic N) is 3. The van der Waals surface area contributed by atoms with Crippen molar-refractivity contribution in [2.75, 3.05) is 17.3 Å². The molecule has 3 aromatic rings. The minimum absolute atomic E-state index is 0.00433. The molecule has 1 unspecified atom stereocenters. The van der Waals surface area contributed by atoms with Gasteiger partial charge in [-0.15, -0.1) is 0 Å². The first kappa shape index (κ1) is 25.8. The van der Waals surface area contributed by atoms with Gasteiger partial charge < -0.3 is 0 Å². The number of amides is 1. The minimum Gasteiger partial charge on any atom is -0.289 e. The highest BCUT2D eigenvalue weighted by Crippen LogP contribution is 2.37. The van der Waals surface area contributed by atoms with Crippen molar-refractivity contribution in [2.24, 2.45) is 0 Å². The monoisotopic (exact) mass is 573 g/mol. The van der Waals surface area contributed by atoms with Gasteiger partial charge in [-0.1, -0.05) is 61.2 Å². The van der Waals surface area contributed by atoms with E-state index in [0.717, 1.165) is 17.4 Å². The highest BCUT2D eigenvalue weighted by Gasteiger charge is 2.42. The molecular weight excluding hydrogens is 551 g/mol. The molecule has 12 heteroatoms. The Kier molecular flexibility index (Phi) is 6.86. The quantitative estimate of drug-likeness (QED) is 0.325. The van der Waals surface area contributed by atoms with Crippen LogP contribution in [0.4, 0.5) is 0 Å². The van der Waals surface area contributed by atoms with Gasteiger partial charge in [-0.2, -0.15) is 5.10 Å². The zero-order valence-electron chi connectivity index (χ0n) is 19.8. The van der Waals surface area contributed by atoms with Gasteiger partial charge in [0.2, 0.25) is 0 Å². The van der Waals surface area contributed by atoms with Crippen LogP contribution in [0.2, 0.25) is 0 Å². The smallest absolute Gasteiger partial charge is 0.266 e. The van der Waals surface area contributed by atoms with Crippen LogP contribution in [0.1, 0.15) is 18.9 Å². The fraction of sp³-hybridized carbons (Fsp3) is 0.240. The maximum atomic E-state index is 13.3. The lowest BCUT2D eigenvalue weighted by Gasteiger charge is -2.20. The van der Waals surface area contributed by atoms with Gasteiger partial charge in [-0.3, -0.25) is 9.69 Å². The second-order valence-electron chi connectivity index (χ2n) is 8.75. The standard InChI is InChI=1S/C25H23N3O5S4/c1-2-37(32,33)21-10-8-17(9-11-21)23-18(15-27(26-23)19-6-4-3-5-7-19)14-22-24(29)28(25(34)35-22)20-12-13-36(30,31)16-20/h3-11,14-15,20H,2,12-13,16H2,1H3/b22-14+. The number of thioether (sulfide) groups is 1. The Hall–Kier alpha value is -2.80. The van der Waals surface area contributed by atoms with Gasteiger partial charge in [0.05, 0.1) is 44.5 Å². The molecule has 1 aromatic heterocycles. The third-order valence-corrected chi connectivity index (χ3v) is 11.1. The number of sulfone groups is 2. The minimum atomic E-state index is -3.35. The van der Waals surface area contributed by atoms with Crippen molar-refractivity contribution in [1.82, 2.24) is 14.7 Å². The zero-order chi connectivity index (χ0) is 26.4. The molecule has 2 aliphatic heterocycles. The number of rotatable bonds is 6. The number of carbonyl (C=O) groups excluding carboxylic acids is 1. The third kappa shape index (κ3) is 5.15. The van der Waals surface area contributed by atoms with Crippen molar-refractivity contribution in [3.05, 3.63) is 71.3 Å². The Morgan fingerprint density at radius 2 is 1.84 bits per heavy atom. The summed E-state index contributed by atoms with van der Waals surface area (Å²) in [6, 6.07) is 15.5. The predicted molar refractivity (Wildman–Crippen MR) is 149 cm³/mol. The Morgan fingerprint density at radius 3 is 2.46 bits per heavy atom. The highest BCUT2D eigenvalue weighted by molar-refractivity contribution is 8.26. The molecule has 2 saturated heterocycles. The molecule has 3 heterocycles. The second kappa shape index (κ2) is 9.82. The van der Waals surface area contributed by atoms with Crippen LogP contribution in [0.5, 0.6) is 0 Å². The molecule has 37 heavy (non-hydrogen) atoms. The molecule has 1 amide bonds. The van der Waals surface area contributed by atoms with E-state index in [2.05, 4.69) is 0 Å². The summed E-state index contributed by atoms with van der Waals surface area (Å²) in [5.41, 5.74) is 2.72. The number of thiocarbonyl (C=S) groups is 1. The van der Waals surface area contributed by atoms with Crippen molar-refractivity contribution in [3.8, 4) is 16.9 Å². The maximum Gasteiger partial charge on any atom is 0.266 e. The van der Waals surface area contributed by atoms with Gasteiger partial charge in [-0.25, -0.2) is 21.5 Å². The Labute approximate surface area is 225 Å². The van der Waals surface area contributed by atoms with Crippen LogP contribution >= 0.6 is 24.0 Å². The summed E-state index contributed by atoms with van der Waals surface area (Å²) in [6.45, 7) is 1.60. The molecule has 5 rings (SSSR count). The van der Waals surface area contributed by atoms with Crippen LogP contribution in [-0.2, 0) is 24.5 Å². The second-order valence-corrected chi connectivity index (χ2v) is 14.9. The normalized spacial score (nSPS) is 20.7. The first-order valence-corrected chi connectivity index (χ1v) is 16.2. The van der Waals surface area contributed by atoms with Gasteiger partial charge in [0.25, 0.3) is 5.91 Å². The van der Waals surface area contributed by atoms with Crippen molar-refractivity contribution >= 4 is 60.0 Å². The lowest BCUT2D eigenvalue weighted by Crippen LogP contribution is -2.39.